The Hall–Kier alpha value is -1.87. The molecule has 0 saturated heterocycles. The Balaban J connectivity index is 2.11. The zero-order valence-electron chi connectivity index (χ0n) is 10.4. The van der Waals surface area contributed by atoms with Crippen molar-refractivity contribution >= 4 is 17.5 Å². The Morgan fingerprint density at radius 2 is 1.95 bits per heavy atom. The van der Waals surface area contributed by atoms with Gasteiger partial charge in [-0.05, 0) is 42.8 Å². The van der Waals surface area contributed by atoms with E-state index in [9.17, 15) is 9.18 Å². The summed E-state index contributed by atoms with van der Waals surface area (Å²) < 4.78 is 13.0. The number of hydrogen-bond acceptors (Lipinski definition) is 1. The van der Waals surface area contributed by atoms with Crippen LogP contribution in [-0.2, 0) is 0 Å². The van der Waals surface area contributed by atoms with Crippen LogP contribution in [0.4, 0.5) is 4.39 Å². The Morgan fingerprint density at radius 1 is 1.21 bits per heavy atom. The van der Waals surface area contributed by atoms with Gasteiger partial charge < -0.3 is 5.32 Å². The van der Waals surface area contributed by atoms with E-state index in [-0.39, 0.29) is 11.9 Å². The highest BCUT2D eigenvalue weighted by Gasteiger charge is 2.12. The van der Waals surface area contributed by atoms with Gasteiger partial charge in [0.05, 0.1) is 6.04 Å². The number of amides is 1. The van der Waals surface area contributed by atoms with Crippen LogP contribution in [0, 0.1) is 5.82 Å². The quantitative estimate of drug-likeness (QED) is 0.904. The van der Waals surface area contributed by atoms with Gasteiger partial charge >= 0.3 is 0 Å². The summed E-state index contributed by atoms with van der Waals surface area (Å²) in [6.45, 7) is 1.85. The predicted octanol–water partition coefficient (Wildman–Crippen LogP) is 3.97. The van der Waals surface area contributed by atoms with Crippen molar-refractivity contribution in [1.82, 2.24) is 5.32 Å². The van der Waals surface area contributed by atoms with E-state index in [0.29, 0.717) is 10.6 Å². The molecule has 4 heteroatoms. The first-order valence-corrected chi connectivity index (χ1v) is 6.26. The topological polar surface area (TPSA) is 29.1 Å². The van der Waals surface area contributed by atoms with E-state index >= 15 is 0 Å². The summed E-state index contributed by atoms with van der Waals surface area (Å²) in [6, 6.07) is 12.7. The van der Waals surface area contributed by atoms with Crippen molar-refractivity contribution in [2.45, 2.75) is 13.0 Å². The highest BCUT2D eigenvalue weighted by molar-refractivity contribution is 6.30. The largest absolute Gasteiger partial charge is 0.346 e. The minimum Gasteiger partial charge on any atom is -0.346 e. The van der Waals surface area contributed by atoms with Gasteiger partial charge in [0, 0.05) is 10.6 Å². The first-order valence-electron chi connectivity index (χ1n) is 5.88. The monoisotopic (exact) mass is 277 g/mol. The van der Waals surface area contributed by atoms with Crippen LogP contribution in [0.25, 0.3) is 0 Å². The summed E-state index contributed by atoms with van der Waals surface area (Å²) in [5.74, 6) is -0.741. The second-order valence-corrected chi connectivity index (χ2v) is 4.70. The number of benzene rings is 2. The average Bonchev–Trinajstić information content (AvgIpc) is 2.38. The van der Waals surface area contributed by atoms with E-state index < -0.39 is 5.82 Å². The molecule has 0 bridgehead atoms. The number of nitrogens with one attached hydrogen (secondary N) is 1. The molecule has 0 spiro atoms. The number of carbonyl (C=O) groups is 1. The zero-order valence-corrected chi connectivity index (χ0v) is 11.1. The molecule has 2 aromatic carbocycles. The Kier molecular flexibility index (Phi) is 4.17. The maximum absolute atomic E-state index is 13.0. The number of halogens is 2. The molecule has 0 aliphatic rings. The highest BCUT2D eigenvalue weighted by Crippen LogP contribution is 2.17. The smallest absolute Gasteiger partial charge is 0.251 e. The van der Waals surface area contributed by atoms with Gasteiger partial charge in [-0.15, -0.1) is 0 Å². The van der Waals surface area contributed by atoms with Crippen molar-refractivity contribution in [1.29, 1.82) is 0 Å². The number of hydrogen-bond donors (Lipinski definition) is 1. The molecule has 0 fully saturated rings. The van der Waals surface area contributed by atoms with Crippen LogP contribution < -0.4 is 5.32 Å². The van der Waals surface area contributed by atoms with Crippen LogP contribution in [0.3, 0.4) is 0 Å². The molecule has 1 N–H and O–H groups in total. The lowest BCUT2D eigenvalue weighted by atomic mass is 10.1. The van der Waals surface area contributed by atoms with Gasteiger partial charge in [0.15, 0.2) is 0 Å². The summed E-state index contributed by atoms with van der Waals surface area (Å²) >= 11 is 5.90. The lowest BCUT2D eigenvalue weighted by molar-refractivity contribution is 0.0939. The van der Waals surface area contributed by atoms with Crippen LogP contribution in [0.15, 0.2) is 48.5 Å². The number of rotatable bonds is 3. The zero-order chi connectivity index (χ0) is 13.8. The first-order chi connectivity index (χ1) is 9.06. The van der Waals surface area contributed by atoms with Gasteiger partial charge in [-0.25, -0.2) is 4.39 Å². The third kappa shape index (κ3) is 3.55. The molecule has 1 atom stereocenters. The van der Waals surface area contributed by atoms with Crippen molar-refractivity contribution in [3.8, 4) is 0 Å². The SMILES string of the molecule is CC(NC(=O)c1cccc(F)c1)c1cccc(Cl)c1. The van der Waals surface area contributed by atoms with E-state index in [1.54, 1.807) is 18.2 Å². The van der Waals surface area contributed by atoms with Gasteiger partial charge in [-0.1, -0.05) is 29.8 Å². The summed E-state index contributed by atoms with van der Waals surface area (Å²) in [4.78, 5) is 12.0. The molecule has 19 heavy (non-hydrogen) atoms. The fourth-order valence-electron chi connectivity index (χ4n) is 1.77. The van der Waals surface area contributed by atoms with Crippen LogP contribution in [-0.4, -0.2) is 5.91 Å². The highest BCUT2D eigenvalue weighted by atomic mass is 35.5. The summed E-state index contributed by atoms with van der Waals surface area (Å²) in [5, 5.41) is 3.42. The van der Waals surface area contributed by atoms with Crippen molar-refractivity contribution in [3.63, 3.8) is 0 Å². The van der Waals surface area contributed by atoms with E-state index in [1.807, 2.05) is 19.1 Å². The molecular weight excluding hydrogens is 265 g/mol. The summed E-state index contributed by atoms with van der Waals surface area (Å²) in [5.41, 5.74) is 1.20. The van der Waals surface area contributed by atoms with E-state index in [2.05, 4.69) is 5.32 Å². The Bertz CT molecular complexity index is 600. The van der Waals surface area contributed by atoms with Gasteiger partial charge in [-0.3, -0.25) is 4.79 Å². The van der Waals surface area contributed by atoms with Gasteiger partial charge in [-0.2, -0.15) is 0 Å². The molecule has 1 amide bonds. The van der Waals surface area contributed by atoms with Crippen LogP contribution in [0.1, 0.15) is 28.9 Å². The molecule has 0 radical (unpaired) electrons. The molecule has 0 heterocycles. The summed E-state index contributed by atoms with van der Waals surface area (Å²) in [6.07, 6.45) is 0. The third-order valence-corrected chi connectivity index (χ3v) is 3.02. The second-order valence-electron chi connectivity index (χ2n) is 4.26. The minimum absolute atomic E-state index is 0.200. The van der Waals surface area contributed by atoms with Gasteiger partial charge in [0.2, 0.25) is 0 Å². The maximum Gasteiger partial charge on any atom is 0.251 e. The standard InChI is InChI=1S/C15H13ClFNO/c1-10(11-4-2-6-13(16)8-11)18-15(19)12-5-3-7-14(17)9-12/h2-10H,1H3,(H,18,19). The predicted molar refractivity (Wildman–Crippen MR) is 73.7 cm³/mol. The van der Waals surface area contributed by atoms with Crippen LogP contribution in [0.2, 0.25) is 5.02 Å². The van der Waals surface area contributed by atoms with E-state index in [1.165, 1.54) is 18.2 Å². The van der Waals surface area contributed by atoms with Gasteiger partial charge in [0.25, 0.3) is 5.91 Å². The van der Waals surface area contributed by atoms with Crippen LogP contribution in [0.5, 0.6) is 0 Å². The lowest BCUT2D eigenvalue weighted by Crippen LogP contribution is -2.26. The van der Waals surface area contributed by atoms with Gasteiger partial charge in [0.1, 0.15) is 5.82 Å². The maximum atomic E-state index is 13.0. The molecule has 2 rings (SSSR count). The molecule has 0 aliphatic heterocycles. The molecule has 2 nitrogen and oxygen atoms in total. The summed E-state index contributed by atoms with van der Waals surface area (Å²) in [7, 11) is 0. The molecule has 0 aromatic heterocycles. The molecule has 98 valence electrons. The van der Waals surface area contributed by atoms with Crippen molar-refractivity contribution < 1.29 is 9.18 Å². The number of carbonyl (C=O) groups excluding carboxylic acids is 1. The minimum atomic E-state index is -0.428. The second kappa shape index (κ2) is 5.85. The lowest BCUT2D eigenvalue weighted by Gasteiger charge is -2.14. The fourth-order valence-corrected chi connectivity index (χ4v) is 1.97. The first kappa shape index (κ1) is 13.6. The van der Waals surface area contributed by atoms with Crippen LogP contribution >= 0.6 is 11.6 Å². The molecular formula is C15H13ClFNO. The average molecular weight is 278 g/mol. The van der Waals surface area contributed by atoms with Crippen molar-refractivity contribution in [2.75, 3.05) is 0 Å². The van der Waals surface area contributed by atoms with Crippen molar-refractivity contribution in [2.24, 2.45) is 0 Å². The fraction of sp³-hybridized carbons (Fsp3) is 0.133. The molecule has 1 unspecified atom stereocenters. The molecule has 2 aromatic rings. The molecule has 0 saturated carbocycles. The van der Waals surface area contributed by atoms with E-state index in [4.69, 9.17) is 11.6 Å². The Morgan fingerprint density at radius 3 is 2.63 bits per heavy atom. The normalized spacial score (nSPS) is 11.9. The van der Waals surface area contributed by atoms with E-state index in [0.717, 1.165) is 5.56 Å². The third-order valence-electron chi connectivity index (χ3n) is 2.78. The molecule has 0 aliphatic carbocycles. The van der Waals surface area contributed by atoms with Crippen molar-refractivity contribution in [3.05, 3.63) is 70.5 Å². The Labute approximate surface area is 116 Å².